The van der Waals surface area contributed by atoms with Gasteiger partial charge in [0.2, 0.25) is 0 Å². The molecule has 1 N–H and O–H groups in total. The number of aliphatic hydroxyl groups excluding tert-OH is 1. The second-order valence-corrected chi connectivity index (χ2v) is 6.91. The topological polar surface area (TPSA) is 41.9 Å². The minimum Gasteiger partial charge on any atom is -0.491 e. The van der Waals surface area contributed by atoms with Crippen LogP contribution in [0.2, 0.25) is 0 Å². The van der Waals surface area contributed by atoms with Gasteiger partial charge in [0.05, 0.1) is 12.2 Å². The second kappa shape index (κ2) is 6.57. The lowest BCUT2D eigenvalue weighted by Gasteiger charge is -2.48. The highest BCUT2D eigenvalue weighted by molar-refractivity contribution is 5.32. The van der Waals surface area contributed by atoms with Gasteiger partial charge in [-0.05, 0) is 56.4 Å². The van der Waals surface area contributed by atoms with Crippen molar-refractivity contribution in [3.05, 3.63) is 29.3 Å². The zero-order chi connectivity index (χ0) is 15.6. The van der Waals surface area contributed by atoms with Crippen molar-refractivity contribution >= 4 is 0 Å². The summed E-state index contributed by atoms with van der Waals surface area (Å²) in [5.74, 6) is 0.842. The predicted octanol–water partition coefficient (Wildman–Crippen LogP) is 2.30. The van der Waals surface area contributed by atoms with Crippen LogP contribution >= 0.6 is 0 Å². The fraction of sp³-hybridized carbons (Fsp3) is 0.667. The van der Waals surface area contributed by atoms with E-state index in [0.29, 0.717) is 13.2 Å². The SMILES string of the molecule is Cc1cc(C)cc(OCC(O)CN2CCOC3(CCC3)C2)c1. The highest BCUT2D eigenvalue weighted by atomic mass is 16.5. The molecule has 0 radical (unpaired) electrons. The molecule has 22 heavy (non-hydrogen) atoms. The minimum atomic E-state index is -0.462. The molecule has 1 saturated heterocycles. The average Bonchev–Trinajstić information content (AvgIpc) is 2.43. The van der Waals surface area contributed by atoms with E-state index in [-0.39, 0.29) is 5.60 Å². The zero-order valence-corrected chi connectivity index (χ0v) is 13.7. The van der Waals surface area contributed by atoms with Crippen molar-refractivity contribution in [3.8, 4) is 5.75 Å². The van der Waals surface area contributed by atoms with E-state index in [1.807, 2.05) is 12.1 Å². The molecule has 1 aromatic rings. The Morgan fingerprint density at radius 2 is 2.00 bits per heavy atom. The standard InChI is InChI=1S/C18H27NO3/c1-14-8-15(2)10-17(9-14)21-12-16(20)11-19-6-7-22-18(13-19)4-3-5-18/h8-10,16,20H,3-7,11-13H2,1-2H3. The molecule has 0 amide bonds. The summed E-state index contributed by atoms with van der Waals surface area (Å²) in [7, 11) is 0. The van der Waals surface area contributed by atoms with E-state index in [9.17, 15) is 5.11 Å². The molecule has 3 rings (SSSR count). The zero-order valence-electron chi connectivity index (χ0n) is 13.7. The van der Waals surface area contributed by atoms with Gasteiger partial charge < -0.3 is 14.6 Å². The maximum absolute atomic E-state index is 10.3. The predicted molar refractivity (Wildman–Crippen MR) is 86.4 cm³/mol. The van der Waals surface area contributed by atoms with Crippen LogP contribution in [0.5, 0.6) is 5.75 Å². The summed E-state index contributed by atoms with van der Waals surface area (Å²) in [5.41, 5.74) is 2.46. The Bertz CT molecular complexity index is 493. The van der Waals surface area contributed by atoms with Crippen LogP contribution in [0.1, 0.15) is 30.4 Å². The molecular weight excluding hydrogens is 278 g/mol. The van der Waals surface area contributed by atoms with Crippen LogP contribution in [-0.2, 0) is 4.74 Å². The van der Waals surface area contributed by atoms with E-state index in [1.54, 1.807) is 0 Å². The molecular formula is C18H27NO3. The normalized spacial score (nSPS) is 22.3. The van der Waals surface area contributed by atoms with Crippen molar-refractivity contribution in [2.45, 2.75) is 44.8 Å². The molecule has 4 nitrogen and oxygen atoms in total. The highest BCUT2D eigenvalue weighted by Crippen LogP contribution is 2.38. The lowest BCUT2D eigenvalue weighted by Crippen LogP contribution is -2.57. The number of ether oxygens (including phenoxy) is 2. The molecule has 0 bridgehead atoms. The molecule has 1 saturated carbocycles. The van der Waals surface area contributed by atoms with Gasteiger partial charge in [0.25, 0.3) is 0 Å². The van der Waals surface area contributed by atoms with Crippen molar-refractivity contribution in [3.63, 3.8) is 0 Å². The molecule has 1 unspecified atom stereocenters. The Morgan fingerprint density at radius 1 is 1.27 bits per heavy atom. The number of nitrogens with zero attached hydrogens (tertiary/aromatic N) is 1. The highest BCUT2D eigenvalue weighted by Gasteiger charge is 2.42. The fourth-order valence-electron chi connectivity index (χ4n) is 3.51. The van der Waals surface area contributed by atoms with E-state index < -0.39 is 6.10 Å². The van der Waals surface area contributed by atoms with Gasteiger partial charge in [-0.2, -0.15) is 0 Å². The van der Waals surface area contributed by atoms with E-state index >= 15 is 0 Å². The van der Waals surface area contributed by atoms with Crippen LogP contribution < -0.4 is 4.74 Å². The Hall–Kier alpha value is -1.10. The quantitative estimate of drug-likeness (QED) is 0.906. The summed E-state index contributed by atoms with van der Waals surface area (Å²) in [5, 5.41) is 10.3. The molecule has 0 aromatic heterocycles. The molecule has 1 aliphatic heterocycles. The average molecular weight is 305 g/mol. The third-order valence-electron chi connectivity index (χ3n) is 4.70. The number of rotatable bonds is 5. The number of hydrogen-bond donors (Lipinski definition) is 1. The van der Waals surface area contributed by atoms with E-state index in [4.69, 9.17) is 9.47 Å². The maximum Gasteiger partial charge on any atom is 0.119 e. The number of aliphatic hydroxyl groups is 1. The first-order valence-corrected chi connectivity index (χ1v) is 8.30. The minimum absolute atomic E-state index is 0.0898. The summed E-state index contributed by atoms with van der Waals surface area (Å²) in [6.45, 7) is 7.76. The van der Waals surface area contributed by atoms with Gasteiger partial charge in [-0.3, -0.25) is 4.90 Å². The van der Waals surface area contributed by atoms with Crippen molar-refractivity contribution in [1.29, 1.82) is 0 Å². The first kappa shape index (κ1) is 15.8. The van der Waals surface area contributed by atoms with Gasteiger partial charge in [-0.15, -0.1) is 0 Å². The van der Waals surface area contributed by atoms with Crippen LogP contribution in [0.4, 0.5) is 0 Å². The smallest absolute Gasteiger partial charge is 0.119 e. The van der Waals surface area contributed by atoms with E-state index in [0.717, 1.165) is 25.4 Å². The fourth-order valence-corrected chi connectivity index (χ4v) is 3.51. The Balaban J connectivity index is 1.46. The number of morpholine rings is 1. The van der Waals surface area contributed by atoms with Crippen LogP contribution in [0.25, 0.3) is 0 Å². The third-order valence-corrected chi connectivity index (χ3v) is 4.70. The summed E-state index contributed by atoms with van der Waals surface area (Å²) in [4.78, 5) is 2.32. The van der Waals surface area contributed by atoms with Gasteiger partial charge in [0.15, 0.2) is 0 Å². The summed E-state index contributed by atoms with van der Waals surface area (Å²) >= 11 is 0. The Labute approximate surface area is 133 Å². The van der Waals surface area contributed by atoms with E-state index in [1.165, 1.54) is 30.4 Å². The van der Waals surface area contributed by atoms with Crippen molar-refractivity contribution < 1.29 is 14.6 Å². The van der Waals surface area contributed by atoms with Crippen molar-refractivity contribution in [2.75, 3.05) is 32.8 Å². The molecule has 2 fully saturated rings. The van der Waals surface area contributed by atoms with Gasteiger partial charge in [-0.25, -0.2) is 0 Å². The molecule has 2 aliphatic rings. The Morgan fingerprint density at radius 3 is 2.64 bits per heavy atom. The van der Waals surface area contributed by atoms with Crippen LogP contribution in [0.3, 0.4) is 0 Å². The molecule has 1 heterocycles. The number of β-amino-alcohol motifs (C(OH)–C–C–N with tert-alkyl or cyclic N) is 1. The maximum atomic E-state index is 10.3. The molecule has 1 aromatic carbocycles. The molecule has 4 heteroatoms. The molecule has 1 spiro atoms. The molecule has 1 atom stereocenters. The van der Waals surface area contributed by atoms with Crippen LogP contribution in [0, 0.1) is 13.8 Å². The van der Waals surface area contributed by atoms with Gasteiger partial charge in [0, 0.05) is 19.6 Å². The number of hydrogen-bond acceptors (Lipinski definition) is 4. The second-order valence-electron chi connectivity index (χ2n) is 6.91. The lowest BCUT2D eigenvalue weighted by atomic mass is 9.79. The van der Waals surface area contributed by atoms with E-state index in [2.05, 4.69) is 24.8 Å². The third kappa shape index (κ3) is 3.80. The first-order valence-electron chi connectivity index (χ1n) is 8.30. The van der Waals surface area contributed by atoms with Gasteiger partial charge >= 0.3 is 0 Å². The van der Waals surface area contributed by atoms with Gasteiger partial charge in [0.1, 0.15) is 18.5 Å². The van der Waals surface area contributed by atoms with Gasteiger partial charge in [-0.1, -0.05) is 6.07 Å². The largest absolute Gasteiger partial charge is 0.491 e. The number of aryl methyl sites for hydroxylation is 2. The van der Waals surface area contributed by atoms with Crippen LogP contribution in [0.15, 0.2) is 18.2 Å². The summed E-state index contributed by atoms with van der Waals surface area (Å²) in [6.07, 6.45) is 3.14. The Kier molecular flexibility index (Phi) is 4.71. The summed E-state index contributed by atoms with van der Waals surface area (Å²) in [6, 6.07) is 6.14. The molecule has 122 valence electrons. The van der Waals surface area contributed by atoms with Crippen molar-refractivity contribution in [1.82, 2.24) is 4.90 Å². The van der Waals surface area contributed by atoms with Crippen LogP contribution in [-0.4, -0.2) is 54.6 Å². The summed E-state index contributed by atoms with van der Waals surface area (Å²) < 4.78 is 11.7. The monoisotopic (exact) mass is 305 g/mol. The van der Waals surface area contributed by atoms with Crippen molar-refractivity contribution in [2.24, 2.45) is 0 Å². The lowest BCUT2D eigenvalue weighted by molar-refractivity contribution is -0.155. The molecule has 1 aliphatic carbocycles. The number of benzene rings is 1. The first-order chi connectivity index (χ1) is 10.5.